The van der Waals surface area contributed by atoms with Crippen LogP contribution in [0, 0.1) is 0 Å². The molecule has 3 rings (SSSR count). The molecule has 0 radical (unpaired) electrons. The monoisotopic (exact) mass is 492 g/mol. The Hall–Kier alpha value is -1.67. The number of aromatic hydroxyl groups is 2. The van der Waals surface area contributed by atoms with Gasteiger partial charge in [0, 0.05) is 15.1 Å². The molecule has 152 valence electrons. The van der Waals surface area contributed by atoms with Crippen molar-refractivity contribution in [2.24, 2.45) is 0 Å². The van der Waals surface area contributed by atoms with E-state index in [-0.39, 0.29) is 36.8 Å². The van der Waals surface area contributed by atoms with Gasteiger partial charge in [0.15, 0.2) is 16.2 Å². The van der Waals surface area contributed by atoms with Gasteiger partial charge in [-0.05, 0) is 59.2 Å². The van der Waals surface area contributed by atoms with E-state index in [0.29, 0.717) is 0 Å². The molecule has 0 heterocycles. The third-order valence-corrected chi connectivity index (χ3v) is 6.78. The zero-order valence-electron chi connectivity index (χ0n) is 14.3. The number of phenolic OH excluding ortho intramolecular Hbond substituents is 2. The molecule has 10 heteroatoms. The summed E-state index contributed by atoms with van der Waals surface area (Å²) in [6.07, 6.45) is 0. The highest BCUT2D eigenvalue weighted by Gasteiger charge is 2.49. The van der Waals surface area contributed by atoms with Gasteiger partial charge in [-0.3, -0.25) is 4.55 Å². The Kier molecular flexibility index (Phi) is 5.98. The van der Waals surface area contributed by atoms with Crippen molar-refractivity contribution in [3.05, 3.63) is 91.4 Å². The molecule has 0 saturated carbocycles. The van der Waals surface area contributed by atoms with Crippen molar-refractivity contribution >= 4 is 56.5 Å². The number of benzene rings is 3. The number of hydrogen-bond acceptors (Lipinski definition) is 4. The topological polar surface area (TPSA) is 94.8 Å². The van der Waals surface area contributed by atoms with Crippen LogP contribution in [0.4, 0.5) is 0 Å². The van der Waals surface area contributed by atoms with Crippen molar-refractivity contribution in [3.8, 4) is 11.5 Å². The van der Waals surface area contributed by atoms with Gasteiger partial charge in [-0.2, -0.15) is 8.42 Å². The molecule has 1 unspecified atom stereocenters. The lowest BCUT2D eigenvalue weighted by Crippen LogP contribution is -2.38. The molecule has 0 saturated heterocycles. The Morgan fingerprint density at radius 3 is 1.79 bits per heavy atom. The summed E-state index contributed by atoms with van der Waals surface area (Å²) in [7, 11) is -5.01. The van der Waals surface area contributed by atoms with E-state index in [1.807, 2.05) is 0 Å². The van der Waals surface area contributed by atoms with Crippen LogP contribution < -0.4 is 0 Å². The van der Waals surface area contributed by atoms with Gasteiger partial charge in [0.1, 0.15) is 0 Å². The molecule has 0 amide bonds. The predicted octanol–water partition coefficient (Wildman–Crippen LogP) is 5.89. The summed E-state index contributed by atoms with van der Waals surface area (Å²) in [5, 5.41) is 20.0. The average Bonchev–Trinajstić information content (AvgIpc) is 2.58. The molecule has 3 N–H and O–H groups in total. The largest absolute Gasteiger partial charge is 0.504 e. The quantitative estimate of drug-likeness (QED) is 0.239. The maximum atomic E-state index is 12.9. The second-order valence-electron chi connectivity index (χ2n) is 6.15. The molecule has 0 aliphatic carbocycles. The normalized spacial score (nSPS) is 13.8. The van der Waals surface area contributed by atoms with Crippen LogP contribution in [0.2, 0.25) is 20.1 Å². The van der Waals surface area contributed by atoms with E-state index >= 15 is 0 Å². The third-order valence-electron chi connectivity index (χ3n) is 4.34. The van der Waals surface area contributed by atoms with E-state index in [2.05, 4.69) is 0 Å². The summed E-state index contributed by atoms with van der Waals surface area (Å²) in [5.74, 6) is -1.33. The Labute approximate surface area is 186 Å². The van der Waals surface area contributed by atoms with Gasteiger partial charge in [-0.1, -0.05) is 58.5 Å². The minimum absolute atomic E-state index is 0.0269. The van der Waals surface area contributed by atoms with Gasteiger partial charge >= 0.3 is 0 Å². The Morgan fingerprint density at radius 1 is 0.724 bits per heavy atom. The molecule has 0 fully saturated rings. The highest BCUT2D eigenvalue weighted by Crippen LogP contribution is 2.48. The number of phenols is 2. The molecule has 0 aromatic heterocycles. The Morgan fingerprint density at radius 2 is 1.28 bits per heavy atom. The molecule has 0 bridgehead atoms. The number of rotatable bonds is 4. The van der Waals surface area contributed by atoms with Gasteiger partial charge < -0.3 is 10.2 Å². The summed E-state index contributed by atoms with van der Waals surface area (Å²) in [4.78, 5) is 0. The average molecular weight is 494 g/mol. The Bertz CT molecular complexity index is 1170. The van der Waals surface area contributed by atoms with E-state index < -0.39 is 26.4 Å². The fourth-order valence-corrected chi connectivity index (χ4v) is 5.39. The first-order valence-electron chi connectivity index (χ1n) is 7.88. The second kappa shape index (κ2) is 7.87. The highest BCUT2D eigenvalue weighted by atomic mass is 35.5. The van der Waals surface area contributed by atoms with Crippen molar-refractivity contribution in [3.63, 3.8) is 0 Å². The maximum absolute atomic E-state index is 12.9. The van der Waals surface area contributed by atoms with Crippen LogP contribution in [-0.2, 0) is 14.9 Å². The highest BCUT2D eigenvalue weighted by molar-refractivity contribution is 7.87. The molecule has 0 spiro atoms. The van der Waals surface area contributed by atoms with E-state index in [1.165, 1.54) is 42.5 Å². The van der Waals surface area contributed by atoms with E-state index in [4.69, 9.17) is 46.4 Å². The summed E-state index contributed by atoms with van der Waals surface area (Å²) < 4.78 is 34.0. The maximum Gasteiger partial charge on any atom is 0.283 e. The Balaban J connectivity index is 2.58. The SMILES string of the molecule is O=S(=O)(O)C(c1cccc(Cl)c1)(c1cc(Cl)cc(Cl)c1)c1cc(O)c(O)c(Cl)c1. The molecule has 3 aromatic rings. The van der Waals surface area contributed by atoms with Gasteiger partial charge in [0.2, 0.25) is 0 Å². The van der Waals surface area contributed by atoms with E-state index in [0.717, 1.165) is 12.1 Å². The van der Waals surface area contributed by atoms with Gasteiger partial charge in [-0.25, -0.2) is 0 Å². The number of halogens is 4. The summed E-state index contributed by atoms with van der Waals surface area (Å²) in [6.45, 7) is 0. The summed E-state index contributed by atoms with van der Waals surface area (Å²) in [5.41, 5.74) is -0.159. The molecular weight excluding hydrogens is 482 g/mol. The molecule has 0 aliphatic rings. The fourth-order valence-electron chi connectivity index (χ4n) is 3.20. The van der Waals surface area contributed by atoms with Gasteiger partial charge in [-0.15, -0.1) is 0 Å². The summed E-state index contributed by atoms with van der Waals surface area (Å²) >= 11 is 24.3. The zero-order chi connectivity index (χ0) is 21.6. The first-order chi connectivity index (χ1) is 13.5. The minimum atomic E-state index is -5.01. The van der Waals surface area contributed by atoms with Crippen molar-refractivity contribution in [1.82, 2.24) is 0 Å². The van der Waals surface area contributed by atoms with E-state index in [9.17, 15) is 23.2 Å². The predicted molar refractivity (Wildman–Crippen MR) is 114 cm³/mol. The van der Waals surface area contributed by atoms with Crippen LogP contribution in [0.5, 0.6) is 11.5 Å². The van der Waals surface area contributed by atoms with E-state index in [1.54, 1.807) is 0 Å². The molecule has 1 atom stereocenters. The molecule has 29 heavy (non-hydrogen) atoms. The molecule has 5 nitrogen and oxygen atoms in total. The lowest BCUT2D eigenvalue weighted by molar-refractivity contribution is 0.402. The second-order valence-corrected chi connectivity index (χ2v) is 9.43. The smallest absolute Gasteiger partial charge is 0.283 e. The van der Waals surface area contributed by atoms with Crippen molar-refractivity contribution in [2.45, 2.75) is 4.75 Å². The minimum Gasteiger partial charge on any atom is -0.504 e. The van der Waals surface area contributed by atoms with Crippen LogP contribution in [0.25, 0.3) is 0 Å². The number of hydrogen-bond donors (Lipinski definition) is 3. The van der Waals surface area contributed by atoms with Crippen LogP contribution in [0.15, 0.2) is 54.6 Å². The van der Waals surface area contributed by atoms with Gasteiger partial charge in [0.05, 0.1) is 5.02 Å². The van der Waals surface area contributed by atoms with Gasteiger partial charge in [0.25, 0.3) is 10.1 Å². The van der Waals surface area contributed by atoms with Crippen molar-refractivity contribution < 1.29 is 23.2 Å². The first kappa shape index (κ1) is 22.0. The lowest BCUT2D eigenvalue weighted by Gasteiger charge is -2.33. The molecule has 0 aliphatic heterocycles. The standard InChI is InChI=1S/C19H12Cl4O5S/c20-13-3-1-2-10(4-13)19(29(26,27)28,11-5-14(21)9-15(22)6-11)12-7-16(23)18(25)17(24)8-12/h1-9,24-25H,(H,26,27,28). The summed E-state index contributed by atoms with van der Waals surface area (Å²) in [6, 6.07) is 11.9. The lowest BCUT2D eigenvalue weighted by atomic mass is 9.83. The third kappa shape index (κ3) is 3.89. The first-order valence-corrected chi connectivity index (χ1v) is 10.8. The van der Waals surface area contributed by atoms with Crippen LogP contribution in [-0.4, -0.2) is 23.2 Å². The van der Waals surface area contributed by atoms with Crippen LogP contribution in [0.1, 0.15) is 16.7 Å². The van der Waals surface area contributed by atoms with Crippen molar-refractivity contribution in [2.75, 3.05) is 0 Å². The van der Waals surface area contributed by atoms with Crippen LogP contribution >= 0.6 is 46.4 Å². The molecular formula is C19H12Cl4O5S. The molecule has 3 aromatic carbocycles. The fraction of sp³-hybridized carbons (Fsp3) is 0.0526. The van der Waals surface area contributed by atoms with Crippen LogP contribution in [0.3, 0.4) is 0 Å². The van der Waals surface area contributed by atoms with Crippen molar-refractivity contribution in [1.29, 1.82) is 0 Å². The zero-order valence-corrected chi connectivity index (χ0v) is 18.1.